The number of hydrogen-bond donors (Lipinski definition) is 1. The molecule has 1 amide bonds. The van der Waals surface area contributed by atoms with Crippen molar-refractivity contribution in [3.05, 3.63) is 64.7 Å². The molecule has 25 heavy (non-hydrogen) atoms. The molecule has 0 aromatic heterocycles. The lowest BCUT2D eigenvalue weighted by molar-refractivity contribution is 0.0951. The van der Waals surface area contributed by atoms with Gasteiger partial charge in [0, 0.05) is 23.7 Å². The Morgan fingerprint density at radius 2 is 1.92 bits per heavy atom. The molecule has 1 saturated heterocycles. The Hall–Kier alpha value is -2.05. The summed E-state index contributed by atoms with van der Waals surface area (Å²) in [4.78, 5) is 12.4. The van der Waals surface area contributed by atoms with Crippen LogP contribution < -0.4 is 9.62 Å². The van der Waals surface area contributed by atoms with Crippen LogP contribution in [0, 0.1) is 0 Å². The van der Waals surface area contributed by atoms with Crippen LogP contribution in [-0.2, 0) is 16.6 Å². The summed E-state index contributed by atoms with van der Waals surface area (Å²) < 4.78 is 25.8. The number of carbonyl (C=O) groups is 1. The van der Waals surface area contributed by atoms with Gasteiger partial charge in [0.1, 0.15) is 0 Å². The van der Waals surface area contributed by atoms with E-state index in [9.17, 15) is 13.2 Å². The van der Waals surface area contributed by atoms with Gasteiger partial charge in [0.05, 0.1) is 11.4 Å². The number of rotatable bonds is 4. The van der Waals surface area contributed by atoms with Gasteiger partial charge in [-0.15, -0.1) is 0 Å². The van der Waals surface area contributed by atoms with Crippen LogP contribution in [0.3, 0.4) is 0 Å². The van der Waals surface area contributed by atoms with E-state index in [-0.39, 0.29) is 11.7 Å². The van der Waals surface area contributed by atoms with E-state index in [2.05, 4.69) is 5.32 Å². The molecule has 0 bridgehead atoms. The van der Waals surface area contributed by atoms with Crippen LogP contribution in [0.1, 0.15) is 28.8 Å². The van der Waals surface area contributed by atoms with Gasteiger partial charge in [-0.2, -0.15) is 0 Å². The van der Waals surface area contributed by atoms with Crippen LogP contribution in [0.5, 0.6) is 0 Å². The number of amides is 1. The Morgan fingerprint density at radius 1 is 1.12 bits per heavy atom. The number of anilines is 1. The molecule has 1 aliphatic heterocycles. The largest absolute Gasteiger partial charge is 0.348 e. The van der Waals surface area contributed by atoms with Crippen molar-refractivity contribution in [2.45, 2.75) is 19.4 Å². The molecule has 1 N–H and O–H groups in total. The molecule has 0 saturated carbocycles. The molecule has 132 valence electrons. The first-order valence-electron chi connectivity index (χ1n) is 8.09. The maximum atomic E-state index is 12.4. The van der Waals surface area contributed by atoms with Gasteiger partial charge in [-0.1, -0.05) is 29.8 Å². The van der Waals surface area contributed by atoms with Crippen LogP contribution >= 0.6 is 11.6 Å². The predicted octanol–water partition coefficient (Wildman–Crippen LogP) is 3.20. The fourth-order valence-corrected chi connectivity index (χ4v) is 4.66. The molecule has 0 atom stereocenters. The molecule has 0 aliphatic carbocycles. The summed E-state index contributed by atoms with van der Waals surface area (Å²) >= 11 is 5.94. The number of benzene rings is 2. The summed E-state index contributed by atoms with van der Waals surface area (Å²) in [6.45, 7) is 0.807. The summed E-state index contributed by atoms with van der Waals surface area (Å²) in [5.41, 5.74) is 1.87. The summed E-state index contributed by atoms with van der Waals surface area (Å²) in [7, 11) is -3.29. The Morgan fingerprint density at radius 3 is 2.68 bits per heavy atom. The highest BCUT2D eigenvalue weighted by molar-refractivity contribution is 7.92. The Labute approximate surface area is 152 Å². The first-order chi connectivity index (χ1) is 12.0. The lowest BCUT2D eigenvalue weighted by Crippen LogP contribution is -2.38. The van der Waals surface area contributed by atoms with E-state index in [1.807, 2.05) is 12.1 Å². The Kier molecular flexibility index (Phi) is 5.30. The third-order valence-corrected chi connectivity index (χ3v) is 6.19. The normalized spacial score (nSPS) is 16.4. The second-order valence-electron chi connectivity index (χ2n) is 5.96. The molecule has 0 unspecified atom stereocenters. The topological polar surface area (TPSA) is 66.5 Å². The first-order valence-corrected chi connectivity index (χ1v) is 10.1. The maximum Gasteiger partial charge on any atom is 0.251 e. The van der Waals surface area contributed by atoms with Crippen molar-refractivity contribution in [1.82, 2.24) is 5.32 Å². The fraction of sp³-hybridized carbons (Fsp3) is 0.278. The SMILES string of the molecule is O=C(NCc1cccc(Cl)c1)c1cccc(N2CCCCS2(=O)=O)c1. The fourth-order valence-electron chi connectivity index (χ4n) is 2.81. The lowest BCUT2D eigenvalue weighted by atomic mass is 10.1. The maximum absolute atomic E-state index is 12.4. The van der Waals surface area contributed by atoms with Crippen molar-refractivity contribution in [3.63, 3.8) is 0 Å². The van der Waals surface area contributed by atoms with Crippen LogP contribution in [0.4, 0.5) is 5.69 Å². The first kappa shape index (κ1) is 17.8. The van der Waals surface area contributed by atoms with Gasteiger partial charge < -0.3 is 5.32 Å². The molecular formula is C18H19ClN2O3S. The molecule has 1 fully saturated rings. The molecule has 1 aliphatic rings. The van der Waals surface area contributed by atoms with Crippen LogP contribution in [0.2, 0.25) is 5.02 Å². The smallest absolute Gasteiger partial charge is 0.251 e. The molecule has 3 rings (SSSR count). The number of nitrogens with zero attached hydrogens (tertiary/aromatic N) is 1. The summed E-state index contributed by atoms with van der Waals surface area (Å²) in [5.74, 6) is -0.103. The van der Waals surface area contributed by atoms with Crippen molar-refractivity contribution < 1.29 is 13.2 Å². The van der Waals surface area contributed by atoms with Gasteiger partial charge in [0.2, 0.25) is 10.0 Å². The van der Waals surface area contributed by atoms with Crippen molar-refractivity contribution in [1.29, 1.82) is 0 Å². The average molecular weight is 379 g/mol. The zero-order valence-corrected chi connectivity index (χ0v) is 15.2. The Bertz CT molecular complexity index is 883. The van der Waals surface area contributed by atoms with E-state index in [0.717, 1.165) is 12.0 Å². The lowest BCUT2D eigenvalue weighted by Gasteiger charge is -2.28. The highest BCUT2D eigenvalue weighted by atomic mass is 35.5. The van der Waals surface area contributed by atoms with Crippen molar-refractivity contribution >= 4 is 33.2 Å². The van der Waals surface area contributed by atoms with Crippen molar-refractivity contribution in [2.75, 3.05) is 16.6 Å². The van der Waals surface area contributed by atoms with E-state index in [1.54, 1.807) is 36.4 Å². The monoisotopic (exact) mass is 378 g/mol. The highest BCUT2D eigenvalue weighted by Gasteiger charge is 2.26. The number of nitrogens with one attached hydrogen (secondary N) is 1. The Balaban J connectivity index is 1.73. The number of sulfonamides is 1. The summed E-state index contributed by atoms with van der Waals surface area (Å²) in [6, 6.07) is 14.0. The quantitative estimate of drug-likeness (QED) is 0.888. The van der Waals surface area contributed by atoms with Crippen LogP contribution in [-0.4, -0.2) is 26.6 Å². The average Bonchev–Trinajstić information content (AvgIpc) is 2.59. The molecular weight excluding hydrogens is 360 g/mol. The number of carbonyl (C=O) groups excluding carboxylic acids is 1. The van der Waals surface area contributed by atoms with Gasteiger partial charge in [-0.05, 0) is 48.7 Å². The third kappa shape index (κ3) is 4.32. The minimum atomic E-state index is -3.29. The van der Waals surface area contributed by atoms with E-state index in [4.69, 9.17) is 11.6 Å². The van der Waals surface area contributed by atoms with E-state index in [0.29, 0.717) is 35.8 Å². The van der Waals surface area contributed by atoms with Gasteiger partial charge in [-0.25, -0.2) is 8.42 Å². The molecule has 2 aromatic carbocycles. The van der Waals surface area contributed by atoms with Crippen LogP contribution in [0.15, 0.2) is 48.5 Å². The van der Waals surface area contributed by atoms with Gasteiger partial charge in [-0.3, -0.25) is 9.10 Å². The third-order valence-electron chi connectivity index (χ3n) is 4.09. The zero-order valence-electron chi connectivity index (χ0n) is 13.6. The van der Waals surface area contributed by atoms with E-state index >= 15 is 0 Å². The van der Waals surface area contributed by atoms with E-state index in [1.165, 1.54) is 4.31 Å². The second-order valence-corrected chi connectivity index (χ2v) is 8.41. The van der Waals surface area contributed by atoms with E-state index < -0.39 is 10.0 Å². The molecule has 1 heterocycles. The minimum absolute atomic E-state index is 0.151. The molecule has 5 nitrogen and oxygen atoms in total. The standard InChI is InChI=1S/C18H19ClN2O3S/c19-16-7-3-5-14(11-16)13-20-18(22)15-6-4-8-17(12-15)21-9-1-2-10-25(21,23)24/h3-8,11-12H,1-2,9-10,13H2,(H,20,22). The summed E-state index contributed by atoms with van der Waals surface area (Å²) in [6.07, 6.45) is 1.50. The molecule has 2 aromatic rings. The highest BCUT2D eigenvalue weighted by Crippen LogP contribution is 2.24. The van der Waals surface area contributed by atoms with Crippen LogP contribution in [0.25, 0.3) is 0 Å². The van der Waals surface area contributed by atoms with Crippen molar-refractivity contribution in [3.8, 4) is 0 Å². The minimum Gasteiger partial charge on any atom is -0.348 e. The predicted molar refractivity (Wildman–Crippen MR) is 99.4 cm³/mol. The second kappa shape index (κ2) is 7.45. The van der Waals surface area contributed by atoms with Gasteiger partial charge in [0.15, 0.2) is 0 Å². The number of hydrogen-bond acceptors (Lipinski definition) is 3. The van der Waals surface area contributed by atoms with Crippen molar-refractivity contribution in [2.24, 2.45) is 0 Å². The van der Waals surface area contributed by atoms with Gasteiger partial charge >= 0.3 is 0 Å². The van der Waals surface area contributed by atoms with Gasteiger partial charge in [0.25, 0.3) is 5.91 Å². The summed E-state index contributed by atoms with van der Waals surface area (Å²) in [5, 5.41) is 3.44. The molecule has 7 heteroatoms. The number of halogens is 1. The molecule has 0 radical (unpaired) electrons. The zero-order chi connectivity index (χ0) is 17.9. The molecule has 0 spiro atoms.